The van der Waals surface area contributed by atoms with Gasteiger partial charge in [0.15, 0.2) is 11.8 Å². The molecule has 3 aromatic rings. The molecular weight excluding hydrogens is 592 g/mol. The predicted octanol–water partition coefficient (Wildman–Crippen LogP) is 0.224. The maximum atomic E-state index is 13.2. The number of fused-ring (bicyclic) bond motifs is 2. The van der Waals surface area contributed by atoms with Crippen LogP contribution in [0.2, 0.25) is 0 Å². The zero-order valence-electron chi connectivity index (χ0n) is 21.8. The number of amides is 2. The lowest BCUT2D eigenvalue weighted by atomic mass is 9.99. The quantitative estimate of drug-likeness (QED) is 0.144. The number of carboxylic acids is 2. The molecule has 5 rings (SSSR count). The number of aliphatic hydroxyl groups excluding tert-OH is 1. The summed E-state index contributed by atoms with van der Waals surface area (Å²) in [4.78, 5) is 62.9. The molecule has 15 nitrogen and oxygen atoms in total. The molecule has 0 bridgehead atoms. The Balaban J connectivity index is 1.38. The van der Waals surface area contributed by atoms with Crippen molar-refractivity contribution in [3.63, 3.8) is 0 Å². The van der Waals surface area contributed by atoms with E-state index in [-0.39, 0.29) is 35.5 Å². The fourth-order valence-electron chi connectivity index (χ4n) is 4.64. The van der Waals surface area contributed by atoms with Gasteiger partial charge in [-0.2, -0.15) is 14.7 Å². The summed E-state index contributed by atoms with van der Waals surface area (Å²) < 4.78 is 6.14. The van der Waals surface area contributed by atoms with E-state index < -0.39 is 52.2 Å². The molecule has 220 valence electrons. The van der Waals surface area contributed by atoms with Crippen LogP contribution < -0.4 is 15.7 Å². The largest absolute Gasteiger partial charge is 0.497 e. The Morgan fingerprint density at radius 3 is 2.74 bits per heavy atom. The maximum absolute atomic E-state index is 13.2. The number of rotatable bonds is 11. The smallest absolute Gasteiger partial charge is 0.364 e. The van der Waals surface area contributed by atoms with Crippen LogP contribution in [-0.4, -0.2) is 93.3 Å². The minimum absolute atomic E-state index is 0.0201. The second-order valence-corrected chi connectivity index (χ2v) is 11.6. The van der Waals surface area contributed by atoms with E-state index in [0.717, 1.165) is 21.2 Å². The molecule has 1 aromatic carbocycles. The fraction of sp³-hybridized carbons (Fsp3) is 0.320. The van der Waals surface area contributed by atoms with E-state index in [9.17, 15) is 39.3 Å². The Labute approximate surface area is 244 Å². The van der Waals surface area contributed by atoms with Gasteiger partial charge in [-0.05, 0) is 41.8 Å². The van der Waals surface area contributed by atoms with Gasteiger partial charge in [0.25, 0.3) is 11.8 Å². The summed E-state index contributed by atoms with van der Waals surface area (Å²) in [5.74, 6) is -3.45. The van der Waals surface area contributed by atoms with Crippen molar-refractivity contribution in [2.45, 2.75) is 40.6 Å². The maximum Gasteiger partial charge on any atom is 0.364 e. The third-order valence-corrected chi connectivity index (χ3v) is 9.24. The number of ether oxygens (including phenoxy) is 1. The second kappa shape index (κ2) is 11.9. The normalized spacial score (nSPS) is 19.6. The highest BCUT2D eigenvalue weighted by atomic mass is 32.2. The Morgan fingerprint density at radius 2 is 2.02 bits per heavy atom. The van der Waals surface area contributed by atoms with Crippen LogP contribution in [0.25, 0.3) is 5.65 Å². The van der Waals surface area contributed by atoms with E-state index in [1.807, 2.05) is 0 Å². The van der Waals surface area contributed by atoms with E-state index >= 15 is 0 Å². The summed E-state index contributed by atoms with van der Waals surface area (Å²) in [5, 5.41) is 41.7. The standard InChI is InChI=1S/C25H24N6O9S2/c1-40-12-4-2-3-11(9-12)20(34)21(35)26-18-22(36)30-19(24(37)38)13(10-41-23(18)30)14(5-8-17(32)33)42-16-7-6-15-27-28-25(39)31(15)29-16/h2-4,6-7,9,14,18,20,23,34H,5,8,10H2,1H3,(H,26,35)(H,28,39)(H,32,33)(H,37,38)/t14?,18?,20?,23-/m0/s1. The van der Waals surface area contributed by atoms with Crippen LogP contribution in [0.15, 0.2) is 57.5 Å². The number of aromatic amines is 1. The van der Waals surface area contributed by atoms with E-state index in [2.05, 4.69) is 20.6 Å². The zero-order chi connectivity index (χ0) is 30.1. The Bertz CT molecular complexity index is 1670. The van der Waals surface area contributed by atoms with Crippen LogP contribution in [0.3, 0.4) is 0 Å². The van der Waals surface area contributed by atoms with Crippen molar-refractivity contribution in [3.05, 3.63) is 63.7 Å². The number of H-pyrrole nitrogens is 1. The molecule has 4 atom stereocenters. The van der Waals surface area contributed by atoms with Gasteiger partial charge >= 0.3 is 17.6 Å². The predicted molar refractivity (Wildman–Crippen MR) is 148 cm³/mol. The zero-order valence-corrected chi connectivity index (χ0v) is 23.4. The molecule has 3 unspecified atom stereocenters. The van der Waals surface area contributed by atoms with E-state index in [0.29, 0.717) is 16.3 Å². The van der Waals surface area contributed by atoms with Gasteiger partial charge in [-0.3, -0.25) is 19.3 Å². The van der Waals surface area contributed by atoms with Gasteiger partial charge in [0.1, 0.15) is 27.9 Å². The van der Waals surface area contributed by atoms with Crippen LogP contribution in [0, 0.1) is 0 Å². The van der Waals surface area contributed by atoms with Crippen molar-refractivity contribution >= 4 is 52.9 Å². The molecule has 0 radical (unpaired) electrons. The van der Waals surface area contributed by atoms with Crippen molar-refractivity contribution < 1.29 is 39.2 Å². The number of nitrogens with one attached hydrogen (secondary N) is 2. The number of carbonyl (C=O) groups is 4. The summed E-state index contributed by atoms with van der Waals surface area (Å²) in [6.45, 7) is 0. The number of benzene rings is 1. The lowest BCUT2D eigenvalue weighted by molar-refractivity contribution is -0.151. The van der Waals surface area contributed by atoms with E-state index in [1.54, 1.807) is 18.2 Å². The first-order valence-corrected chi connectivity index (χ1v) is 14.4. The molecule has 2 aliphatic heterocycles. The Kier molecular flexibility index (Phi) is 8.24. The monoisotopic (exact) mass is 616 g/mol. The third kappa shape index (κ3) is 5.57. The molecule has 2 aromatic heterocycles. The average molecular weight is 617 g/mol. The molecule has 0 saturated carbocycles. The molecule has 17 heteroatoms. The Morgan fingerprint density at radius 1 is 1.24 bits per heavy atom. The van der Waals surface area contributed by atoms with Crippen LogP contribution in [0.5, 0.6) is 5.75 Å². The summed E-state index contributed by atoms with van der Waals surface area (Å²) >= 11 is 2.27. The van der Waals surface area contributed by atoms with Crippen molar-refractivity contribution in [1.29, 1.82) is 0 Å². The Hall–Kier alpha value is -4.35. The van der Waals surface area contributed by atoms with Gasteiger partial charge in [0, 0.05) is 17.4 Å². The number of carboxylic acid groups (broad SMARTS) is 2. The van der Waals surface area contributed by atoms with Gasteiger partial charge in [-0.25, -0.2) is 14.7 Å². The van der Waals surface area contributed by atoms with E-state index in [4.69, 9.17) is 4.74 Å². The highest BCUT2D eigenvalue weighted by Crippen LogP contribution is 2.44. The van der Waals surface area contributed by atoms with Crippen molar-refractivity contribution in [2.75, 3.05) is 12.9 Å². The molecule has 0 spiro atoms. The third-order valence-electron chi connectivity index (χ3n) is 6.68. The second-order valence-electron chi connectivity index (χ2n) is 9.26. The van der Waals surface area contributed by atoms with Gasteiger partial charge in [0.2, 0.25) is 0 Å². The van der Waals surface area contributed by atoms with Crippen molar-refractivity contribution in [1.82, 2.24) is 30.0 Å². The minimum Gasteiger partial charge on any atom is -0.497 e. The molecule has 0 aliphatic carbocycles. The van der Waals surface area contributed by atoms with Crippen molar-refractivity contribution in [2.24, 2.45) is 0 Å². The first-order chi connectivity index (χ1) is 20.1. The van der Waals surface area contributed by atoms with Crippen LogP contribution in [0.4, 0.5) is 0 Å². The lowest BCUT2D eigenvalue weighted by Gasteiger charge is -2.50. The number of aliphatic carboxylic acids is 2. The summed E-state index contributed by atoms with van der Waals surface area (Å²) in [7, 11) is 1.44. The number of nitrogens with zero attached hydrogens (tertiary/aromatic N) is 4. The first-order valence-electron chi connectivity index (χ1n) is 12.5. The molecule has 42 heavy (non-hydrogen) atoms. The average Bonchev–Trinajstić information content (AvgIpc) is 3.36. The summed E-state index contributed by atoms with van der Waals surface area (Å²) in [5.41, 5.74) is -0.0449. The number of aliphatic hydroxyl groups is 1. The number of thioether (sulfide) groups is 2. The molecule has 1 saturated heterocycles. The number of carbonyl (C=O) groups excluding carboxylic acids is 2. The molecule has 1 fully saturated rings. The number of β-lactam (4-membered cyclic amide) rings is 1. The van der Waals surface area contributed by atoms with Gasteiger partial charge in [0.05, 0.1) is 7.11 Å². The number of hydrogen-bond acceptors (Lipinski definition) is 11. The molecular formula is C25H24N6O9S2. The van der Waals surface area contributed by atoms with Crippen LogP contribution in [-0.2, 0) is 19.2 Å². The SMILES string of the molecule is COc1cccc(C(O)C(=O)NC2C(=O)N3C(C(=O)O)=C(C(CCC(=O)O)Sc4ccc5n[nH]c(=O)n5n4)CS[C@@H]23)c1. The van der Waals surface area contributed by atoms with Crippen molar-refractivity contribution in [3.8, 4) is 5.75 Å². The first kappa shape index (κ1) is 29.2. The summed E-state index contributed by atoms with van der Waals surface area (Å²) in [6.07, 6.45) is -1.86. The highest BCUT2D eigenvalue weighted by molar-refractivity contribution is 8.01. The number of methoxy groups -OCH3 is 1. The molecule has 2 amide bonds. The van der Waals surface area contributed by atoms with Gasteiger partial charge < -0.3 is 25.4 Å². The molecule has 2 aliphatic rings. The molecule has 4 heterocycles. The summed E-state index contributed by atoms with van der Waals surface area (Å²) in [6, 6.07) is 8.28. The van der Waals surface area contributed by atoms with E-state index in [1.165, 1.54) is 37.1 Å². The number of aromatic nitrogens is 4. The lowest BCUT2D eigenvalue weighted by Crippen LogP contribution is -2.71. The minimum atomic E-state index is -1.59. The van der Waals surface area contributed by atoms with Gasteiger partial charge in [-0.15, -0.1) is 11.8 Å². The fourth-order valence-corrected chi connectivity index (χ4v) is 7.31. The topological polar surface area (TPSA) is 217 Å². The van der Waals surface area contributed by atoms with Crippen LogP contribution in [0.1, 0.15) is 24.5 Å². The number of hydrogen-bond donors (Lipinski definition) is 5. The highest BCUT2D eigenvalue weighted by Gasteiger charge is 2.55. The van der Waals surface area contributed by atoms with Gasteiger partial charge in [-0.1, -0.05) is 23.9 Å². The molecule has 5 N–H and O–H groups in total. The van der Waals surface area contributed by atoms with Crippen LogP contribution >= 0.6 is 23.5 Å².